The lowest BCUT2D eigenvalue weighted by molar-refractivity contribution is 0.0468. The lowest BCUT2D eigenvalue weighted by Gasteiger charge is -2.05. The van der Waals surface area contributed by atoms with Gasteiger partial charge in [-0.05, 0) is 30.7 Å². The number of thiazole rings is 1. The molecule has 0 aliphatic rings. The fourth-order valence-electron chi connectivity index (χ4n) is 2.00. The van der Waals surface area contributed by atoms with Crippen LogP contribution in [0.15, 0.2) is 36.0 Å². The number of hydrogen-bond acceptors (Lipinski definition) is 5. The molecule has 2 heterocycles. The topological polar surface area (TPSA) is 69.6 Å². The molecule has 0 amide bonds. The molecule has 0 radical (unpaired) electrons. The second kappa shape index (κ2) is 4.97. The maximum Gasteiger partial charge on any atom is 0.338 e. The van der Waals surface area contributed by atoms with E-state index in [9.17, 15) is 4.79 Å². The molecule has 0 fully saturated rings. The first kappa shape index (κ1) is 12.7. The summed E-state index contributed by atoms with van der Waals surface area (Å²) < 4.78 is 7.16. The highest BCUT2D eigenvalue weighted by Crippen LogP contribution is 2.15. The van der Waals surface area contributed by atoms with Gasteiger partial charge < -0.3 is 10.5 Å². The van der Waals surface area contributed by atoms with Crippen LogP contribution in [0.25, 0.3) is 4.96 Å². The number of ether oxygens (including phenoxy) is 1. The summed E-state index contributed by atoms with van der Waals surface area (Å²) >= 11 is 1.54. The Hall–Kier alpha value is -2.34. The Balaban J connectivity index is 1.71. The van der Waals surface area contributed by atoms with Gasteiger partial charge in [-0.1, -0.05) is 0 Å². The molecule has 3 aromatic rings. The summed E-state index contributed by atoms with van der Waals surface area (Å²) in [5.74, 6) is -0.392. The number of anilines is 1. The number of carbonyl (C=O) groups excluding carboxylic acids is 1. The van der Waals surface area contributed by atoms with Crippen molar-refractivity contribution in [3.8, 4) is 0 Å². The van der Waals surface area contributed by atoms with Gasteiger partial charge in [0, 0.05) is 23.5 Å². The normalized spacial score (nSPS) is 10.8. The number of rotatable bonds is 3. The molecule has 3 rings (SSSR count). The van der Waals surface area contributed by atoms with E-state index in [1.165, 1.54) is 11.3 Å². The minimum Gasteiger partial charge on any atom is -0.456 e. The molecular weight excluding hydrogens is 274 g/mol. The van der Waals surface area contributed by atoms with Crippen LogP contribution in [-0.4, -0.2) is 15.4 Å². The van der Waals surface area contributed by atoms with Crippen LogP contribution in [0.3, 0.4) is 0 Å². The van der Waals surface area contributed by atoms with Gasteiger partial charge in [-0.15, -0.1) is 11.3 Å². The van der Waals surface area contributed by atoms with Crippen molar-refractivity contribution in [2.45, 2.75) is 13.5 Å². The Morgan fingerprint density at radius 3 is 3.05 bits per heavy atom. The van der Waals surface area contributed by atoms with Gasteiger partial charge in [-0.2, -0.15) is 0 Å². The first-order chi connectivity index (χ1) is 9.61. The predicted octanol–water partition coefficient (Wildman–Crippen LogP) is 2.64. The lowest BCUT2D eigenvalue weighted by atomic mass is 10.1. The van der Waals surface area contributed by atoms with Gasteiger partial charge in [0.2, 0.25) is 0 Å². The number of benzene rings is 1. The average Bonchev–Trinajstić information content (AvgIpc) is 2.95. The van der Waals surface area contributed by atoms with Gasteiger partial charge in [0.1, 0.15) is 6.61 Å². The molecular formula is C14H13N3O2S. The highest BCUT2D eigenvalue weighted by Gasteiger charge is 2.10. The van der Waals surface area contributed by atoms with Crippen molar-refractivity contribution < 1.29 is 9.53 Å². The zero-order valence-electron chi connectivity index (χ0n) is 10.9. The third-order valence-electron chi connectivity index (χ3n) is 2.83. The van der Waals surface area contributed by atoms with Gasteiger partial charge in [0.05, 0.1) is 11.3 Å². The molecule has 0 aliphatic heterocycles. The van der Waals surface area contributed by atoms with Crippen LogP contribution in [-0.2, 0) is 11.3 Å². The number of nitrogens with zero attached hydrogens (tertiary/aromatic N) is 2. The number of fused-ring (bicyclic) bond motifs is 1. The fraction of sp³-hybridized carbons (Fsp3) is 0.143. The molecule has 6 heteroatoms. The molecule has 2 aromatic heterocycles. The number of aryl methyl sites for hydroxylation is 1. The van der Waals surface area contributed by atoms with E-state index in [0.29, 0.717) is 11.3 Å². The van der Waals surface area contributed by atoms with Crippen LogP contribution >= 0.6 is 11.3 Å². The number of esters is 1. The molecule has 0 spiro atoms. The molecule has 0 saturated carbocycles. The SMILES string of the molecule is Cc1cc(N)cc(C(=O)OCc2cn3ccsc3n2)c1. The van der Waals surface area contributed by atoms with E-state index < -0.39 is 5.97 Å². The Morgan fingerprint density at radius 1 is 1.45 bits per heavy atom. The van der Waals surface area contributed by atoms with E-state index in [1.54, 1.807) is 18.2 Å². The van der Waals surface area contributed by atoms with E-state index in [0.717, 1.165) is 16.2 Å². The van der Waals surface area contributed by atoms with Gasteiger partial charge in [-0.25, -0.2) is 9.78 Å². The Kier molecular flexibility index (Phi) is 3.15. The zero-order valence-corrected chi connectivity index (χ0v) is 11.7. The number of imidazole rings is 1. The summed E-state index contributed by atoms with van der Waals surface area (Å²) in [4.78, 5) is 17.2. The predicted molar refractivity (Wildman–Crippen MR) is 77.8 cm³/mol. The maximum absolute atomic E-state index is 12.0. The monoisotopic (exact) mass is 287 g/mol. The largest absolute Gasteiger partial charge is 0.456 e. The highest BCUT2D eigenvalue weighted by atomic mass is 32.1. The number of nitrogen functional groups attached to an aromatic ring is 1. The van der Waals surface area contributed by atoms with E-state index in [4.69, 9.17) is 10.5 Å². The van der Waals surface area contributed by atoms with Crippen LogP contribution in [0.1, 0.15) is 21.6 Å². The van der Waals surface area contributed by atoms with Gasteiger partial charge in [0.25, 0.3) is 0 Å². The molecule has 0 bridgehead atoms. The van der Waals surface area contributed by atoms with Crippen molar-refractivity contribution in [1.82, 2.24) is 9.38 Å². The smallest absolute Gasteiger partial charge is 0.338 e. The van der Waals surface area contributed by atoms with Crippen molar-refractivity contribution in [3.05, 3.63) is 52.8 Å². The van der Waals surface area contributed by atoms with E-state index in [-0.39, 0.29) is 6.61 Å². The Bertz CT molecular complexity index is 727. The number of carbonyl (C=O) groups is 1. The average molecular weight is 287 g/mol. The summed E-state index contributed by atoms with van der Waals surface area (Å²) in [5.41, 5.74) is 8.39. The molecule has 0 saturated heterocycles. The molecule has 0 unspecified atom stereocenters. The van der Waals surface area contributed by atoms with Crippen LogP contribution in [0.4, 0.5) is 5.69 Å². The van der Waals surface area contributed by atoms with Gasteiger partial charge in [-0.3, -0.25) is 4.40 Å². The maximum atomic E-state index is 12.0. The van der Waals surface area contributed by atoms with Crippen LogP contribution < -0.4 is 5.73 Å². The second-order valence-electron chi connectivity index (χ2n) is 4.53. The van der Waals surface area contributed by atoms with Crippen molar-refractivity contribution in [2.24, 2.45) is 0 Å². The van der Waals surface area contributed by atoms with Crippen LogP contribution in [0.2, 0.25) is 0 Å². The zero-order chi connectivity index (χ0) is 14.1. The standard InChI is InChI=1S/C14H13N3O2S/c1-9-4-10(6-11(15)5-9)13(18)19-8-12-7-17-2-3-20-14(17)16-12/h2-7H,8,15H2,1H3. The number of aromatic nitrogens is 2. The summed E-state index contributed by atoms with van der Waals surface area (Å²) in [6.45, 7) is 2.04. The molecule has 2 N–H and O–H groups in total. The van der Waals surface area contributed by atoms with Gasteiger partial charge >= 0.3 is 5.97 Å². The third-order valence-corrected chi connectivity index (χ3v) is 3.60. The minimum atomic E-state index is -0.392. The van der Waals surface area contributed by atoms with Crippen molar-refractivity contribution in [2.75, 3.05) is 5.73 Å². The Morgan fingerprint density at radius 2 is 2.30 bits per heavy atom. The summed E-state index contributed by atoms with van der Waals surface area (Å²) in [5, 5.41) is 1.95. The molecule has 0 atom stereocenters. The van der Waals surface area contributed by atoms with E-state index in [1.807, 2.05) is 29.1 Å². The number of hydrogen-bond donors (Lipinski definition) is 1. The van der Waals surface area contributed by atoms with E-state index in [2.05, 4.69) is 4.98 Å². The van der Waals surface area contributed by atoms with Crippen LogP contribution in [0.5, 0.6) is 0 Å². The van der Waals surface area contributed by atoms with Crippen molar-refractivity contribution in [1.29, 1.82) is 0 Å². The lowest BCUT2D eigenvalue weighted by Crippen LogP contribution is -2.06. The first-order valence-corrected chi connectivity index (χ1v) is 6.95. The third kappa shape index (κ3) is 2.50. The number of nitrogens with two attached hydrogens (primary N) is 1. The van der Waals surface area contributed by atoms with Gasteiger partial charge in [0.15, 0.2) is 4.96 Å². The first-order valence-electron chi connectivity index (χ1n) is 6.07. The van der Waals surface area contributed by atoms with E-state index >= 15 is 0 Å². The summed E-state index contributed by atoms with van der Waals surface area (Å²) in [7, 11) is 0. The molecule has 20 heavy (non-hydrogen) atoms. The molecule has 0 aliphatic carbocycles. The highest BCUT2D eigenvalue weighted by molar-refractivity contribution is 7.15. The van der Waals surface area contributed by atoms with Crippen molar-refractivity contribution in [3.63, 3.8) is 0 Å². The van der Waals surface area contributed by atoms with Crippen molar-refractivity contribution >= 4 is 28.0 Å². The quantitative estimate of drug-likeness (QED) is 0.594. The van der Waals surface area contributed by atoms with Crippen LogP contribution in [0, 0.1) is 6.92 Å². The molecule has 5 nitrogen and oxygen atoms in total. The molecule has 1 aromatic carbocycles. The second-order valence-corrected chi connectivity index (χ2v) is 5.41. The minimum absolute atomic E-state index is 0.154. The Labute approximate surface area is 119 Å². The fourth-order valence-corrected chi connectivity index (χ4v) is 2.72. The summed E-state index contributed by atoms with van der Waals surface area (Å²) in [6.07, 6.45) is 3.77. The summed E-state index contributed by atoms with van der Waals surface area (Å²) in [6, 6.07) is 5.17. The molecule has 102 valence electrons.